The van der Waals surface area contributed by atoms with Crippen LogP contribution in [-0.2, 0) is 7.05 Å². The Kier molecular flexibility index (Phi) is 10.1. The highest BCUT2D eigenvalue weighted by atomic mass is 16.6. The average molecular weight is 667 g/mol. The van der Waals surface area contributed by atoms with Crippen LogP contribution in [0.3, 0.4) is 0 Å². The van der Waals surface area contributed by atoms with Crippen molar-refractivity contribution in [3.63, 3.8) is 0 Å². The van der Waals surface area contributed by atoms with Crippen molar-refractivity contribution < 1.29 is 28.6 Å². The lowest BCUT2D eigenvalue weighted by molar-refractivity contribution is 0.0571. The molecule has 0 bridgehead atoms. The first-order valence-corrected chi connectivity index (χ1v) is 16.5. The van der Waals surface area contributed by atoms with Crippen molar-refractivity contribution in [1.29, 1.82) is 0 Å². The fraction of sp³-hybridized carbons (Fsp3) is 0.351. The minimum Gasteiger partial charge on any atom is -0.493 e. The molecule has 0 spiro atoms. The van der Waals surface area contributed by atoms with E-state index in [4.69, 9.17) is 14.2 Å². The van der Waals surface area contributed by atoms with Crippen LogP contribution < -0.4 is 24.4 Å². The third-order valence-electron chi connectivity index (χ3n) is 9.32. The molecule has 1 aromatic heterocycles. The molecule has 49 heavy (non-hydrogen) atoms. The summed E-state index contributed by atoms with van der Waals surface area (Å²) in [7, 11) is 4.88. The van der Waals surface area contributed by atoms with Crippen molar-refractivity contribution in [2.75, 3.05) is 51.8 Å². The first kappa shape index (κ1) is 33.5. The lowest BCUT2D eigenvalue weighted by atomic mass is 9.99. The molecule has 6 rings (SSSR count). The predicted octanol–water partition coefficient (Wildman–Crippen LogP) is 5.23. The smallest absolute Gasteiger partial charge is 0.413 e. The van der Waals surface area contributed by atoms with E-state index in [2.05, 4.69) is 51.3 Å². The van der Waals surface area contributed by atoms with Gasteiger partial charge in [-0.05, 0) is 55.2 Å². The van der Waals surface area contributed by atoms with Gasteiger partial charge in [0.15, 0.2) is 11.5 Å². The third-order valence-corrected chi connectivity index (χ3v) is 9.32. The van der Waals surface area contributed by atoms with E-state index in [1.165, 1.54) is 16.8 Å². The summed E-state index contributed by atoms with van der Waals surface area (Å²) < 4.78 is 17.9. The monoisotopic (exact) mass is 666 g/mol. The topological polar surface area (TPSA) is 118 Å². The fourth-order valence-corrected chi connectivity index (χ4v) is 6.69. The van der Waals surface area contributed by atoms with Crippen molar-refractivity contribution >= 4 is 23.6 Å². The summed E-state index contributed by atoms with van der Waals surface area (Å²) >= 11 is 0. The quantitative estimate of drug-likeness (QED) is 0.160. The summed E-state index contributed by atoms with van der Waals surface area (Å²) in [5.41, 5.74) is 3.59. The summed E-state index contributed by atoms with van der Waals surface area (Å²) in [4.78, 5) is 50.9. The number of carbonyl (C=O) groups is 3. The van der Waals surface area contributed by atoms with Gasteiger partial charge in [-0.3, -0.25) is 19.4 Å². The summed E-state index contributed by atoms with van der Waals surface area (Å²) in [6, 6.07) is 21.0. The lowest BCUT2D eigenvalue weighted by Crippen LogP contribution is -2.47. The zero-order valence-corrected chi connectivity index (χ0v) is 28.3. The van der Waals surface area contributed by atoms with Gasteiger partial charge in [0.25, 0.3) is 11.8 Å². The molecule has 0 aliphatic carbocycles. The van der Waals surface area contributed by atoms with Crippen molar-refractivity contribution in [2.45, 2.75) is 31.8 Å². The molecule has 12 nitrogen and oxygen atoms in total. The molecule has 12 heteroatoms. The van der Waals surface area contributed by atoms with Gasteiger partial charge in [-0.15, -0.1) is 0 Å². The van der Waals surface area contributed by atoms with Gasteiger partial charge in [-0.2, -0.15) is 0 Å². The average Bonchev–Trinajstić information content (AvgIpc) is 3.66. The molecule has 3 amide bonds. The van der Waals surface area contributed by atoms with Gasteiger partial charge in [-0.25, -0.2) is 9.78 Å². The highest BCUT2D eigenvalue weighted by Gasteiger charge is 2.43. The number of imide groups is 1. The number of aromatic nitrogens is 2. The number of anilines is 1. The maximum absolute atomic E-state index is 14.4. The lowest BCUT2D eigenvalue weighted by Gasteiger charge is -2.39. The summed E-state index contributed by atoms with van der Waals surface area (Å²) in [5.74, 6) is 0.534. The van der Waals surface area contributed by atoms with E-state index in [0.29, 0.717) is 41.0 Å². The largest absolute Gasteiger partial charge is 0.493 e. The van der Waals surface area contributed by atoms with E-state index >= 15 is 0 Å². The molecule has 2 atom stereocenters. The van der Waals surface area contributed by atoms with E-state index in [1.807, 2.05) is 24.3 Å². The summed E-state index contributed by atoms with van der Waals surface area (Å²) in [6.45, 7) is 5.60. The van der Waals surface area contributed by atoms with Crippen LogP contribution in [0.5, 0.6) is 17.4 Å². The number of hydrogen-bond donors (Lipinski definition) is 1. The van der Waals surface area contributed by atoms with Gasteiger partial charge in [0.2, 0.25) is 5.88 Å². The summed E-state index contributed by atoms with van der Waals surface area (Å²) in [6.07, 6.45) is 3.34. The van der Waals surface area contributed by atoms with Crippen LogP contribution in [0, 0.1) is 0 Å². The zero-order valence-electron chi connectivity index (χ0n) is 28.3. The van der Waals surface area contributed by atoms with Crippen LogP contribution in [0.4, 0.5) is 10.5 Å². The van der Waals surface area contributed by atoms with Crippen LogP contribution in [0.15, 0.2) is 79.3 Å². The normalized spacial score (nSPS) is 15.9. The molecular formula is C37H42N6O6. The van der Waals surface area contributed by atoms with Gasteiger partial charge in [0, 0.05) is 45.8 Å². The molecule has 1 fully saturated rings. The second-order valence-electron chi connectivity index (χ2n) is 12.3. The van der Waals surface area contributed by atoms with Crippen molar-refractivity contribution in [3.8, 4) is 17.4 Å². The van der Waals surface area contributed by atoms with E-state index in [1.54, 1.807) is 50.2 Å². The number of hydrogen-bond acceptors (Lipinski definition) is 9. The number of amides is 3. The minimum atomic E-state index is -0.634. The van der Waals surface area contributed by atoms with E-state index in [-0.39, 0.29) is 30.3 Å². The number of benzene rings is 3. The van der Waals surface area contributed by atoms with Gasteiger partial charge >= 0.3 is 6.09 Å². The van der Waals surface area contributed by atoms with E-state index < -0.39 is 12.1 Å². The SMILES string of the molecule is COc1ccc([C@@H](CCCNC(=O)Oc2cn(C)cn2)N2C(=O)c3cccc(N4CCN([C@H](C)c5ccccc5)CC4)c3C2=O)cc1OC. The highest BCUT2D eigenvalue weighted by molar-refractivity contribution is 6.24. The first-order valence-electron chi connectivity index (χ1n) is 16.5. The molecule has 0 radical (unpaired) electrons. The molecule has 4 aromatic rings. The Morgan fingerprint density at radius 2 is 1.65 bits per heavy atom. The number of ether oxygens (including phenoxy) is 3. The van der Waals surface area contributed by atoms with Crippen molar-refractivity contribution in [2.24, 2.45) is 7.05 Å². The molecule has 2 aliphatic rings. The van der Waals surface area contributed by atoms with Crippen LogP contribution in [0.1, 0.15) is 63.7 Å². The molecule has 3 aromatic carbocycles. The molecule has 256 valence electrons. The molecule has 0 unspecified atom stereocenters. The number of fused-ring (bicyclic) bond motifs is 1. The fourth-order valence-electron chi connectivity index (χ4n) is 6.69. The maximum Gasteiger partial charge on any atom is 0.413 e. The molecular weight excluding hydrogens is 624 g/mol. The Balaban J connectivity index is 1.20. The molecule has 1 N–H and O–H groups in total. The number of nitrogens with zero attached hydrogens (tertiary/aromatic N) is 5. The number of methoxy groups -OCH3 is 2. The Hall–Kier alpha value is -5.36. The predicted molar refractivity (Wildman–Crippen MR) is 184 cm³/mol. The van der Waals surface area contributed by atoms with Crippen LogP contribution in [0.25, 0.3) is 0 Å². The number of imidazole rings is 1. The number of carbonyl (C=O) groups excluding carboxylic acids is 3. The van der Waals surface area contributed by atoms with Gasteiger partial charge in [0.1, 0.15) is 0 Å². The number of piperazine rings is 1. The number of nitrogens with one attached hydrogen (secondary N) is 1. The van der Waals surface area contributed by atoms with Gasteiger partial charge < -0.3 is 29.0 Å². The Morgan fingerprint density at radius 1 is 0.898 bits per heavy atom. The van der Waals surface area contributed by atoms with Crippen molar-refractivity contribution in [1.82, 2.24) is 24.7 Å². The maximum atomic E-state index is 14.4. The van der Waals surface area contributed by atoms with Gasteiger partial charge in [-0.1, -0.05) is 42.5 Å². The Bertz CT molecular complexity index is 1800. The minimum absolute atomic E-state index is 0.192. The second kappa shape index (κ2) is 14.8. The summed E-state index contributed by atoms with van der Waals surface area (Å²) in [5, 5.41) is 2.74. The van der Waals surface area contributed by atoms with Gasteiger partial charge in [0.05, 0.1) is 49.6 Å². The second-order valence-corrected chi connectivity index (χ2v) is 12.3. The van der Waals surface area contributed by atoms with Crippen LogP contribution in [-0.4, -0.2) is 84.2 Å². The molecule has 2 aliphatic heterocycles. The Morgan fingerprint density at radius 3 is 2.35 bits per heavy atom. The highest BCUT2D eigenvalue weighted by Crippen LogP contribution is 2.40. The van der Waals surface area contributed by atoms with E-state index in [0.717, 1.165) is 31.9 Å². The molecule has 0 saturated carbocycles. The zero-order chi connectivity index (χ0) is 34.5. The third kappa shape index (κ3) is 7.09. The van der Waals surface area contributed by atoms with E-state index in [9.17, 15) is 14.4 Å². The van der Waals surface area contributed by atoms with Crippen LogP contribution in [0.2, 0.25) is 0 Å². The standard InChI is InChI=1S/C37H42N6O6/c1-25(26-10-6-5-7-11-26)41-18-20-42(21-19-41)30-13-8-12-28-34(30)36(45)43(35(28)44)29(27-15-16-31(47-3)32(22-27)48-4)14-9-17-38-37(46)49-33-23-40(2)24-39-33/h5-8,10-13,15-16,22-25,29H,9,14,17-21H2,1-4H3,(H,38,46)/t25-,29-/m1/s1. The van der Waals surface area contributed by atoms with Crippen molar-refractivity contribution in [3.05, 3.63) is 102 Å². The first-order chi connectivity index (χ1) is 23.8. The molecule has 3 heterocycles. The Labute approximate surface area is 286 Å². The number of rotatable bonds is 12. The molecule has 1 saturated heterocycles. The number of aryl methyl sites for hydroxylation is 1. The van der Waals surface area contributed by atoms with Crippen LogP contribution >= 0.6 is 0 Å².